The summed E-state index contributed by atoms with van der Waals surface area (Å²) >= 11 is 0. The molecule has 0 spiro atoms. The Morgan fingerprint density at radius 3 is 2.58 bits per heavy atom. The van der Waals surface area contributed by atoms with Gasteiger partial charge in [0.05, 0.1) is 5.69 Å². The first kappa shape index (κ1) is 20.2. The van der Waals surface area contributed by atoms with Crippen molar-refractivity contribution in [1.29, 1.82) is 0 Å². The number of ether oxygens (including phenoxy) is 1. The molecular formula is C24H21N3O4. The van der Waals surface area contributed by atoms with Gasteiger partial charge in [0, 0.05) is 37.3 Å². The lowest BCUT2D eigenvalue weighted by molar-refractivity contribution is -0.146. The van der Waals surface area contributed by atoms with Gasteiger partial charge < -0.3 is 14.1 Å². The zero-order valence-electron chi connectivity index (χ0n) is 17.2. The van der Waals surface area contributed by atoms with Crippen LogP contribution in [0.5, 0.6) is 0 Å². The molecule has 7 nitrogen and oxygen atoms in total. The Morgan fingerprint density at radius 1 is 1.10 bits per heavy atom. The number of likely N-dealkylation sites (N-methyl/N-ethyl adjacent to an activating group) is 1. The van der Waals surface area contributed by atoms with Gasteiger partial charge in [0.2, 0.25) is 0 Å². The highest BCUT2D eigenvalue weighted by molar-refractivity contribution is 5.91. The minimum Gasteiger partial charge on any atom is -0.454 e. The van der Waals surface area contributed by atoms with Gasteiger partial charge in [-0.05, 0) is 30.3 Å². The highest BCUT2D eigenvalue weighted by Gasteiger charge is 2.15. The largest absolute Gasteiger partial charge is 0.454 e. The summed E-state index contributed by atoms with van der Waals surface area (Å²) in [6.45, 7) is -0.310. The standard InChI is InChI=1S/C24H21N3O4/c1-26(2)22(28)16-30-23(29)13-12-18-15-27(19-9-4-3-5-10-19)25-24(18)21-14-17-8-6-7-11-20(17)31-21/h3-15H,16H2,1-2H3/b13-12-. The van der Waals surface area contributed by atoms with Crippen molar-refractivity contribution in [2.45, 2.75) is 0 Å². The van der Waals surface area contributed by atoms with Gasteiger partial charge in [-0.15, -0.1) is 0 Å². The van der Waals surface area contributed by atoms with Crippen molar-refractivity contribution in [2.75, 3.05) is 20.7 Å². The number of fused-ring (bicyclic) bond motifs is 1. The molecule has 0 unspecified atom stereocenters. The summed E-state index contributed by atoms with van der Waals surface area (Å²) in [5.41, 5.74) is 2.90. The molecule has 4 rings (SSSR count). The zero-order valence-corrected chi connectivity index (χ0v) is 17.2. The zero-order chi connectivity index (χ0) is 21.8. The molecule has 2 heterocycles. The molecule has 0 N–H and O–H groups in total. The number of hydrogen-bond acceptors (Lipinski definition) is 5. The van der Waals surface area contributed by atoms with Crippen molar-refractivity contribution in [3.05, 3.63) is 78.5 Å². The summed E-state index contributed by atoms with van der Waals surface area (Å²) in [6, 6.07) is 19.3. The van der Waals surface area contributed by atoms with Gasteiger partial charge in [0.1, 0.15) is 11.3 Å². The first-order chi connectivity index (χ1) is 15.0. The molecule has 0 aliphatic carbocycles. The van der Waals surface area contributed by atoms with Crippen LogP contribution in [0.2, 0.25) is 0 Å². The molecule has 4 aromatic rings. The quantitative estimate of drug-likeness (QED) is 0.352. The molecule has 0 radical (unpaired) electrons. The summed E-state index contributed by atoms with van der Waals surface area (Å²) < 4.78 is 12.7. The average Bonchev–Trinajstić information content (AvgIpc) is 3.40. The van der Waals surface area contributed by atoms with E-state index in [1.807, 2.05) is 66.9 Å². The predicted molar refractivity (Wildman–Crippen MR) is 117 cm³/mol. The fraction of sp³-hybridized carbons (Fsp3) is 0.125. The summed E-state index contributed by atoms with van der Waals surface area (Å²) in [5.74, 6) is -0.313. The lowest BCUT2D eigenvalue weighted by Crippen LogP contribution is -2.27. The number of benzene rings is 2. The summed E-state index contributed by atoms with van der Waals surface area (Å²) in [5, 5.41) is 5.64. The lowest BCUT2D eigenvalue weighted by atomic mass is 10.2. The number of nitrogens with zero attached hydrogens (tertiary/aromatic N) is 3. The first-order valence-corrected chi connectivity index (χ1v) is 9.70. The van der Waals surface area contributed by atoms with Crippen LogP contribution in [0.1, 0.15) is 5.56 Å². The Hall–Kier alpha value is -4.13. The third kappa shape index (κ3) is 4.56. The van der Waals surface area contributed by atoms with Crippen LogP contribution in [0.15, 0.2) is 77.4 Å². The summed E-state index contributed by atoms with van der Waals surface area (Å²) in [7, 11) is 3.20. The van der Waals surface area contributed by atoms with Gasteiger partial charge >= 0.3 is 5.97 Å². The van der Waals surface area contributed by atoms with E-state index in [-0.39, 0.29) is 12.5 Å². The molecule has 0 bridgehead atoms. The smallest absolute Gasteiger partial charge is 0.331 e. The van der Waals surface area contributed by atoms with E-state index in [2.05, 4.69) is 5.10 Å². The number of aromatic nitrogens is 2. The SMILES string of the molecule is CN(C)C(=O)COC(=O)/C=C\c1cn(-c2ccccc2)nc1-c1cc2ccccc2o1. The predicted octanol–water partition coefficient (Wildman–Crippen LogP) is 3.93. The molecule has 31 heavy (non-hydrogen) atoms. The van der Waals surface area contributed by atoms with Crippen molar-refractivity contribution in [3.8, 4) is 17.1 Å². The summed E-state index contributed by atoms with van der Waals surface area (Å²) in [4.78, 5) is 25.0. The first-order valence-electron chi connectivity index (χ1n) is 9.70. The third-order valence-corrected chi connectivity index (χ3v) is 4.66. The van der Waals surface area contributed by atoms with E-state index in [0.29, 0.717) is 17.0 Å². The van der Waals surface area contributed by atoms with Crippen LogP contribution in [0.3, 0.4) is 0 Å². The third-order valence-electron chi connectivity index (χ3n) is 4.66. The maximum atomic E-state index is 12.1. The normalized spacial score (nSPS) is 11.2. The van der Waals surface area contributed by atoms with E-state index in [1.54, 1.807) is 24.9 Å². The minimum absolute atomic E-state index is 0.290. The van der Waals surface area contributed by atoms with E-state index in [9.17, 15) is 9.59 Å². The number of carbonyl (C=O) groups excluding carboxylic acids is 2. The molecule has 0 fully saturated rings. The summed E-state index contributed by atoms with van der Waals surface area (Å²) in [6.07, 6.45) is 4.70. The molecule has 1 amide bonds. The van der Waals surface area contributed by atoms with Crippen molar-refractivity contribution in [1.82, 2.24) is 14.7 Å². The molecule has 0 saturated carbocycles. The van der Waals surface area contributed by atoms with Crippen LogP contribution in [-0.2, 0) is 14.3 Å². The number of furan rings is 1. The van der Waals surface area contributed by atoms with Gasteiger partial charge in [0.15, 0.2) is 12.4 Å². The molecule has 2 aromatic carbocycles. The van der Waals surface area contributed by atoms with Gasteiger partial charge in [-0.2, -0.15) is 5.10 Å². The fourth-order valence-electron chi connectivity index (χ4n) is 2.98. The second kappa shape index (κ2) is 8.71. The Balaban J connectivity index is 1.66. The number of amides is 1. The highest BCUT2D eigenvalue weighted by Crippen LogP contribution is 2.30. The Morgan fingerprint density at radius 2 is 1.84 bits per heavy atom. The number of esters is 1. The van der Waals surface area contributed by atoms with E-state index >= 15 is 0 Å². The van der Waals surface area contributed by atoms with Crippen molar-refractivity contribution >= 4 is 28.9 Å². The van der Waals surface area contributed by atoms with Crippen LogP contribution >= 0.6 is 0 Å². The molecular weight excluding hydrogens is 394 g/mol. The maximum Gasteiger partial charge on any atom is 0.331 e. The van der Waals surface area contributed by atoms with E-state index in [1.165, 1.54) is 11.0 Å². The van der Waals surface area contributed by atoms with Crippen LogP contribution in [0.25, 0.3) is 34.2 Å². The van der Waals surface area contributed by atoms with Gasteiger partial charge in [-0.1, -0.05) is 36.4 Å². The highest BCUT2D eigenvalue weighted by atomic mass is 16.5. The van der Waals surface area contributed by atoms with Gasteiger partial charge in [-0.25, -0.2) is 9.48 Å². The Kier molecular flexibility index (Phi) is 5.66. The van der Waals surface area contributed by atoms with E-state index < -0.39 is 5.97 Å². The van der Waals surface area contributed by atoms with Crippen LogP contribution in [0.4, 0.5) is 0 Å². The second-order valence-electron chi connectivity index (χ2n) is 7.09. The Labute approximate surface area is 179 Å². The number of hydrogen-bond donors (Lipinski definition) is 0. The van der Waals surface area contributed by atoms with Crippen molar-refractivity contribution in [3.63, 3.8) is 0 Å². The molecule has 0 saturated heterocycles. The van der Waals surface area contributed by atoms with Gasteiger partial charge in [-0.3, -0.25) is 4.79 Å². The molecule has 7 heteroatoms. The van der Waals surface area contributed by atoms with Crippen LogP contribution in [0, 0.1) is 0 Å². The van der Waals surface area contributed by atoms with E-state index in [0.717, 1.165) is 16.7 Å². The molecule has 156 valence electrons. The van der Waals surface area contributed by atoms with E-state index in [4.69, 9.17) is 9.15 Å². The Bertz CT molecular complexity index is 1220. The van der Waals surface area contributed by atoms with Crippen molar-refractivity contribution < 1.29 is 18.7 Å². The molecule has 0 atom stereocenters. The van der Waals surface area contributed by atoms with Crippen LogP contribution in [-0.4, -0.2) is 47.3 Å². The number of carbonyl (C=O) groups is 2. The minimum atomic E-state index is -0.613. The monoisotopic (exact) mass is 415 g/mol. The second-order valence-corrected chi connectivity index (χ2v) is 7.09. The topological polar surface area (TPSA) is 77.6 Å². The molecule has 0 aliphatic rings. The fourth-order valence-corrected chi connectivity index (χ4v) is 2.98. The van der Waals surface area contributed by atoms with Gasteiger partial charge in [0.25, 0.3) is 5.91 Å². The number of para-hydroxylation sites is 2. The molecule has 0 aliphatic heterocycles. The average molecular weight is 415 g/mol. The van der Waals surface area contributed by atoms with Crippen LogP contribution < -0.4 is 0 Å². The number of rotatable bonds is 6. The molecule has 2 aromatic heterocycles. The maximum absolute atomic E-state index is 12.1. The lowest BCUT2D eigenvalue weighted by Gasteiger charge is -2.09. The van der Waals surface area contributed by atoms with Crippen molar-refractivity contribution in [2.24, 2.45) is 0 Å².